The summed E-state index contributed by atoms with van der Waals surface area (Å²) in [7, 11) is -3.31. The molecule has 170 valence electrons. The van der Waals surface area contributed by atoms with Gasteiger partial charge in [-0.3, -0.25) is 4.72 Å². The minimum absolute atomic E-state index is 0.0381. The minimum atomic E-state index is -4.43. The molecule has 4 N–H and O–H groups in total. The molecule has 1 unspecified atom stereocenters. The molecule has 31 heavy (non-hydrogen) atoms. The van der Waals surface area contributed by atoms with Crippen molar-refractivity contribution in [2.24, 2.45) is 0 Å². The Morgan fingerprint density at radius 3 is 2.35 bits per heavy atom. The number of anilines is 3. The summed E-state index contributed by atoms with van der Waals surface area (Å²) in [5.74, 6) is -3.95. The quantitative estimate of drug-likeness (QED) is 0.361. The van der Waals surface area contributed by atoms with Gasteiger partial charge in [0, 0.05) is 9.64 Å². The van der Waals surface area contributed by atoms with Crippen LogP contribution in [0.25, 0.3) is 0 Å². The Hall–Kier alpha value is -1.77. The topological polar surface area (TPSA) is 108 Å². The molecule has 0 amide bonds. The Balaban J connectivity index is 2.12. The van der Waals surface area contributed by atoms with Crippen molar-refractivity contribution in [1.29, 1.82) is 0 Å². The molecule has 1 aliphatic rings. The number of ether oxygens (including phenoxy) is 1. The molecular formula is C19H20F3IN2O5S. The van der Waals surface area contributed by atoms with Gasteiger partial charge < -0.3 is 20.3 Å². The summed E-state index contributed by atoms with van der Waals surface area (Å²) in [6.07, 6.45) is 0.0762. The number of aliphatic hydroxyl groups excluding tert-OH is 1. The van der Waals surface area contributed by atoms with Crippen LogP contribution >= 0.6 is 22.6 Å². The molecule has 7 nitrogen and oxygen atoms in total. The molecule has 0 radical (unpaired) electrons. The predicted molar refractivity (Wildman–Crippen MR) is 118 cm³/mol. The van der Waals surface area contributed by atoms with Crippen LogP contribution in [0.1, 0.15) is 19.8 Å². The number of aliphatic hydroxyl groups is 2. The largest absolute Gasteiger partial charge is 0.494 e. The van der Waals surface area contributed by atoms with E-state index in [1.54, 1.807) is 0 Å². The average Bonchev–Trinajstić information content (AvgIpc) is 3.52. The van der Waals surface area contributed by atoms with Crippen molar-refractivity contribution in [3.8, 4) is 5.75 Å². The lowest BCUT2D eigenvalue weighted by Crippen LogP contribution is -2.51. The zero-order valence-electron chi connectivity index (χ0n) is 16.5. The molecule has 3 rings (SSSR count). The van der Waals surface area contributed by atoms with E-state index in [0.29, 0.717) is 9.64 Å². The standard InChI is InChI=1S/C19H20F3IN2O5S/c1-18(27,9-26)19(5-6-19)31(28,29)25-16-14(30-2)8-12(21)15(22)17(16)24-13-4-3-10(23)7-11(13)20/h3-4,7-8,24-27H,5-6,9H2,1-2H3. The number of methoxy groups -OCH3 is 1. The van der Waals surface area contributed by atoms with Gasteiger partial charge in [0.15, 0.2) is 11.6 Å². The number of nitrogens with one attached hydrogen (secondary N) is 2. The molecule has 0 aromatic heterocycles. The smallest absolute Gasteiger partial charge is 0.241 e. The van der Waals surface area contributed by atoms with Gasteiger partial charge in [-0.05, 0) is 60.6 Å². The van der Waals surface area contributed by atoms with Crippen molar-refractivity contribution in [2.75, 3.05) is 23.8 Å². The predicted octanol–water partition coefficient (Wildman–Crippen LogP) is 3.48. The van der Waals surface area contributed by atoms with Crippen molar-refractivity contribution in [1.82, 2.24) is 0 Å². The summed E-state index contributed by atoms with van der Waals surface area (Å²) in [5.41, 5.74) is -3.41. The van der Waals surface area contributed by atoms with Gasteiger partial charge >= 0.3 is 0 Å². The third-order valence-corrected chi connectivity index (χ3v) is 8.36. The highest BCUT2D eigenvalue weighted by molar-refractivity contribution is 14.1. The molecule has 1 saturated carbocycles. The van der Waals surface area contributed by atoms with Crippen LogP contribution in [0.5, 0.6) is 5.75 Å². The fourth-order valence-corrected chi connectivity index (χ4v) is 5.70. The second-order valence-corrected chi connectivity index (χ2v) is 10.6. The van der Waals surface area contributed by atoms with E-state index >= 15 is 0 Å². The van der Waals surface area contributed by atoms with E-state index in [-0.39, 0.29) is 24.3 Å². The first-order chi connectivity index (χ1) is 14.4. The molecule has 1 fully saturated rings. The number of sulfonamides is 1. The van der Waals surface area contributed by atoms with Crippen LogP contribution in [0.3, 0.4) is 0 Å². The number of halogens is 4. The third-order valence-electron chi connectivity index (χ3n) is 5.34. The normalized spacial score (nSPS) is 17.0. The lowest BCUT2D eigenvalue weighted by atomic mass is 10.0. The van der Waals surface area contributed by atoms with Crippen molar-refractivity contribution in [2.45, 2.75) is 30.1 Å². The highest BCUT2D eigenvalue weighted by Crippen LogP contribution is 2.53. The van der Waals surface area contributed by atoms with Gasteiger partial charge in [0.05, 0.1) is 19.4 Å². The lowest BCUT2D eigenvalue weighted by molar-refractivity contribution is -0.00819. The fourth-order valence-electron chi connectivity index (χ4n) is 3.29. The third kappa shape index (κ3) is 4.17. The van der Waals surface area contributed by atoms with Gasteiger partial charge in [-0.1, -0.05) is 0 Å². The number of hydrogen-bond donors (Lipinski definition) is 4. The minimum Gasteiger partial charge on any atom is -0.494 e. The zero-order chi connectivity index (χ0) is 23.2. The molecule has 2 aromatic rings. The van der Waals surface area contributed by atoms with E-state index in [2.05, 4.69) is 10.0 Å². The van der Waals surface area contributed by atoms with Crippen molar-refractivity contribution >= 4 is 49.7 Å². The van der Waals surface area contributed by atoms with Crippen LogP contribution in [-0.2, 0) is 10.0 Å². The Morgan fingerprint density at radius 1 is 1.19 bits per heavy atom. The molecule has 0 saturated heterocycles. The van der Waals surface area contributed by atoms with Crippen LogP contribution in [0, 0.1) is 21.0 Å². The van der Waals surface area contributed by atoms with E-state index in [4.69, 9.17) is 4.74 Å². The Bertz CT molecular complexity index is 1120. The second-order valence-electron chi connectivity index (χ2n) is 7.41. The van der Waals surface area contributed by atoms with Crippen LogP contribution in [-0.4, -0.2) is 42.7 Å². The molecule has 0 aliphatic heterocycles. The first-order valence-corrected chi connectivity index (χ1v) is 11.6. The van der Waals surface area contributed by atoms with Gasteiger partial charge in [0.25, 0.3) is 0 Å². The molecule has 1 atom stereocenters. The number of benzene rings is 2. The van der Waals surface area contributed by atoms with Gasteiger partial charge in [-0.15, -0.1) is 0 Å². The summed E-state index contributed by atoms with van der Waals surface area (Å²) in [5, 5.41) is 22.3. The van der Waals surface area contributed by atoms with Crippen LogP contribution in [0.4, 0.5) is 30.2 Å². The van der Waals surface area contributed by atoms with E-state index in [1.165, 1.54) is 19.1 Å². The molecule has 12 heteroatoms. The van der Waals surface area contributed by atoms with E-state index < -0.39 is 55.8 Å². The summed E-state index contributed by atoms with van der Waals surface area (Å²) < 4.78 is 75.4. The average molecular weight is 572 g/mol. The van der Waals surface area contributed by atoms with Gasteiger partial charge in [0.2, 0.25) is 10.0 Å². The molecule has 0 spiro atoms. The van der Waals surface area contributed by atoms with Crippen molar-refractivity contribution in [3.63, 3.8) is 0 Å². The number of hydrogen-bond acceptors (Lipinski definition) is 6. The van der Waals surface area contributed by atoms with E-state index in [0.717, 1.165) is 13.2 Å². The molecular weight excluding hydrogens is 552 g/mol. The zero-order valence-corrected chi connectivity index (χ0v) is 19.4. The lowest BCUT2D eigenvalue weighted by Gasteiger charge is -2.31. The summed E-state index contributed by atoms with van der Waals surface area (Å²) in [4.78, 5) is 0. The van der Waals surface area contributed by atoms with Crippen LogP contribution in [0.15, 0.2) is 24.3 Å². The van der Waals surface area contributed by atoms with Gasteiger partial charge in [-0.25, -0.2) is 21.6 Å². The van der Waals surface area contributed by atoms with Crippen molar-refractivity contribution < 1.29 is 36.5 Å². The van der Waals surface area contributed by atoms with Gasteiger partial charge in [0.1, 0.15) is 33.3 Å². The molecule has 2 aromatic carbocycles. The van der Waals surface area contributed by atoms with Crippen molar-refractivity contribution in [3.05, 3.63) is 45.3 Å². The second kappa shape index (κ2) is 8.30. The Kier molecular flexibility index (Phi) is 6.39. The van der Waals surface area contributed by atoms with E-state index in [9.17, 15) is 31.8 Å². The van der Waals surface area contributed by atoms with E-state index in [1.807, 2.05) is 22.6 Å². The maximum atomic E-state index is 14.7. The highest BCUT2D eigenvalue weighted by atomic mass is 127. The first-order valence-electron chi connectivity index (χ1n) is 9.03. The Morgan fingerprint density at radius 2 is 1.84 bits per heavy atom. The van der Waals surface area contributed by atoms with Crippen LogP contribution in [0.2, 0.25) is 0 Å². The SMILES string of the molecule is COc1cc(F)c(F)c(Nc2ccc(I)cc2F)c1NS(=O)(=O)C1(C(C)(O)CO)CC1. The summed E-state index contributed by atoms with van der Waals surface area (Å²) in [6.45, 7) is 0.337. The Labute approximate surface area is 190 Å². The maximum Gasteiger partial charge on any atom is 0.241 e. The monoisotopic (exact) mass is 572 g/mol. The molecule has 0 bridgehead atoms. The highest BCUT2D eigenvalue weighted by Gasteiger charge is 2.65. The number of rotatable bonds is 8. The first kappa shape index (κ1) is 23.9. The summed E-state index contributed by atoms with van der Waals surface area (Å²) in [6, 6.07) is 4.60. The maximum absolute atomic E-state index is 14.7. The van der Waals surface area contributed by atoms with Gasteiger partial charge in [-0.2, -0.15) is 0 Å². The molecule has 0 heterocycles. The summed E-state index contributed by atoms with van der Waals surface area (Å²) >= 11 is 1.87. The molecule has 1 aliphatic carbocycles. The fraction of sp³-hybridized carbons (Fsp3) is 0.368. The van der Waals surface area contributed by atoms with Crippen LogP contribution < -0.4 is 14.8 Å².